The number of cyclic esters (lactones) is 1. The Morgan fingerprint density at radius 3 is 2.54 bits per heavy atom. The van der Waals surface area contributed by atoms with Crippen molar-refractivity contribution in [2.45, 2.75) is 89.4 Å². The molecule has 0 aromatic rings. The number of nitrogens with zero attached hydrogens (tertiary/aromatic N) is 1. The van der Waals surface area contributed by atoms with E-state index in [2.05, 4.69) is 27.8 Å². The quantitative estimate of drug-likeness (QED) is 0.288. The molecular formula is C26H41N5O8. The summed E-state index contributed by atoms with van der Waals surface area (Å²) < 4.78 is 10.5. The van der Waals surface area contributed by atoms with E-state index < -0.39 is 59.4 Å². The van der Waals surface area contributed by atoms with Crippen LogP contribution in [0.1, 0.15) is 65.7 Å². The number of ketones is 1. The van der Waals surface area contributed by atoms with Crippen molar-refractivity contribution >= 4 is 35.7 Å². The van der Waals surface area contributed by atoms with Gasteiger partial charge in [0.05, 0.1) is 12.6 Å². The molecule has 2 saturated heterocycles. The van der Waals surface area contributed by atoms with E-state index in [-0.39, 0.29) is 45.5 Å². The molecule has 3 atom stereocenters. The molecule has 0 unspecified atom stereocenters. The minimum absolute atomic E-state index is 0.0198. The van der Waals surface area contributed by atoms with Gasteiger partial charge in [-0.15, -0.1) is 6.58 Å². The zero-order valence-corrected chi connectivity index (χ0v) is 23.0. The van der Waals surface area contributed by atoms with E-state index in [4.69, 9.17) is 9.47 Å². The molecule has 0 aromatic heterocycles. The molecule has 5 amide bonds. The molecule has 0 radical (unpaired) electrons. The highest BCUT2D eigenvalue weighted by atomic mass is 16.6. The molecule has 39 heavy (non-hydrogen) atoms. The van der Waals surface area contributed by atoms with Crippen LogP contribution in [0.3, 0.4) is 0 Å². The van der Waals surface area contributed by atoms with Crippen molar-refractivity contribution in [1.29, 1.82) is 0 Å². The van der Waals surface area contributed by atoms with E-state index in [1.807, 2.05) is 0 Å². The number of ether oxygens (including phenoxy) is 2. The molecule has 218 valence electrons. The summed E-state index contributed by atoms with van der Waals surface area (Å²) in [6.45, 7) is 9.24. The molecule has 2 aliphatic heterocycles. The maximum Gasteiger partial charge on any atom is 0.408 e. The Labute approximate surface area is 228 Å². The fraction of sp³-hybridized carbons (Fsp3) is 0.692. The Hall–Kier alpha value is -3.64. The predicted octanol–water partition coefficient (Wildman–Crippen LogP) is 0.917. The zero-order valence-electron chi connectivity index (χ0n) is 23.0. The van der Waals surface area contributed by atoms with Crippen molar-refractivity contribution in [3.05, 3.63) is 12.7 Å². The normalized spacial score (nSPS) is 23.7. The van der Waals surface area contributed by atoms with E-state index in [9.17, 15) is 28.8 Å². The van der Waals surface area contributed by atoms with Gasteiger partial charge < -0.3 is 35.6 Å². The van der Waals surface area contributed by atoms with Crippen molar-refractivity contribution in [2.24, 2.45) is 0 Å². The smallest absolute Gasteiger partial charge is 0.408 e. The van der Waals surface area contributed by atoms with Crippen LogP contribution in [0.2, 0.25) is 0 Å². The van der Waals surface area contributed by atoms with Gasteiger partial charge in [0.15, 0.2) is 0 Å². The Morgan fingerprint density at radius 2 is 1.85 bits per heavy atom. The van der Waals surface area contributed by atoms with E-state index >= 15 is 0 Å². The van der Waals surface area contributed by atoms with E-state index in [1.165, 1.54) is 11.0 Å². The van der Waals surface area contributed by atoms with E-state index in [0.29, 0.717) is 25.7 Å². The van der Waals surface area contributed by atoms with Gasteiger partial charge in [-0.05, 0) is 65.7 Å². The van der Waals surface area contributed by atoms with Gasteiger partial charge in [0.1, 0.15) is 17.7 Å². The lowest BCUT2D eigenvalue weighted by molar-refractivity contribution is -0.143. The molecule has 4 N–H and O–H groups in total. The molecule has 2 heterocycles. The molecule has 0 aromatic carbocycles. The van der Waals surface area contributed by atoms with Crippen LogP contribution >= 0.6 is 0 Å². The lowest BCUT2D eigenvalue weighted by Crippen LogP contribution is -2.56. The summed E-state index contributed by atoms with van der Waals surface area (Å²) in [6, 6.07) is -3.02. The first-order valence-corrected chi connectivity index (χ1v) is 13.4. The molecule has 0 saturated carbocycles. The molecule has 2 fully saturated rings. The van der Waals surface area contributed by atoms with Gasteiger partial charge in [0.2, 0.25) is 17.6 Å². The Balaban J connectivity index is 2.26. The number of hydrogen-bond donors (Lipinski definition) is 4. The van der Waals surface area contributed by atoms with Gasteiger partial charge in [-0.3, -0.25) is 19.2 Å². The Morgan fingerprint density at radius 1 is 1.10 bits per heavy atom. The van der Waals surface area contributed by atoms with Crippen LogP contribution in [-0.4, -0.2) is 90.6 Å². The average Bonchev–Trinajstić information content (AvgIpc) is 3.35. The van der Waals surface area contributed by atoms with Crippen LogP contribution in [0.25, 0.3) is 0 Å². The van der Waals surface area contributed by atoms with Crippen LogP contribution in [-0.2, 0) is 28.7 Å². The number of carbonyl (C=O) groups is 6. The minimum atomic E-state index is -1.11. The van der Waals surface area contributed by atoms with Crippen molar-refractivity contribution < 1.29 is 38.2 Å². The summed E-state index contributed by atoms with van der Waals surface area (Å²) in [6.07, 6.45) is 2.41. The third kappa shape index (κ3) is 10.6. The number of Topliss-reactive ketones (excluding diaryl/α,β-unsaturated/α-hetero) is 1. The second kappa shape index (κ2) is 15.1. The van der Waals surface area contributed by atoms with Crippen molar-refractivity contribution in [1.82, 2.24) is 26.2 Å². The third-order valence-electron chi connectivity index (χ3n) is 6.15. The fourth-order valence-corrected chi connectivity index (χ4v) is 4.32. The Kier molecular flexibility index (Phi) is 12.2. The molecular weight excluding hydrogens is 510 g/mol. The lowest BCUT2D eigenvalue weighted by atomic mass is 10.0. The highest BCUT2D eigenvalue weighted by Gasteiger charge is 2.39. The maximum atomic E-state index is 13.5. The van der Waals surface area contributed by atoms with Gasteiger partial charge >= 0.3 is 12.2 Å². The van der Waals surface area contributed by atoms with Gasteiger partial charge in [-0.2, -0.15) is 0 Å². The Bertz CT molecular complexity index is 932. The van der Waals surface area contributed by atoms with Crippen molar-refractivity contribution in [2.75, 3.05) is 26.2 Å². The number of fused-ring (bicyclic) bond motifs is 1. The highest BCUT2D eigenvalue weighted by Crippen LogP contribution is 2.21. The van der Waals surface area contributed by atoms with Gasteiger partial charge in [-0.1, -0.05) is 6.08 Å². The predicted molar refractivity (Wildman–Crippen MR) is 140 cm³/mol. The summed E-state index contributed by atoms with van der Waals surface area (Å²) in [5, 5.41) is 10.3. The standard InChI is InChI=1S/C26H41N5O8/c1-5-13-27-22(34)20(32)17-10-6-7-14-28-24(36)38-16-9-11-18(30-25(37)39-26(2,3)4)23(35)31-15-8-12-19(31)21(33)29-17/h5,17-19H,1,6-16H2,2-4H3,(H,27,34)(H,28,36)(H,29,33)(H,30,37)/t17-,18-,19-/m0/s1. The molecule has 13 nitrogen and oxygen atoms in total. The summed E-state index contributed by atoms with van der Waals surface area (Å²) in [5.41, 5.74) is -0.791. The largest absolute Gasteiger partial charge is 0.450 e. The SMILES string of the molecule is C=CCNC(=O)C(=O)[C@@H]1CCCCNC(=O)OCCC[C@H](NC(=O)OC(C)(C)C)C(=O)N2CCC[C@H]2C(=O)N1. The first kappa shape index (κ1) is 31.6. The van der Waals surface area contributed by atoms with Gasteiger partial charge in [-0.25, -0.2) is 9.59 Å². The highest BCUT2D eigenvalue weighted by molar-refractivity contribution is 6.38. The topological polar surface area (TPSA) is 172 Å². The summed E-state index contributed by atoms with van der Waals surface area (Å²) in [4.78, 5) is 77.9. The number of hydrogen-bond acceptors (Lipinski definition) is 8. The average molecular weight is 552 g/mol. The molecule has 0 aliphatic carbocycles. The van der Waals surface area contributed by atoms with Crippen LogP contribution in [0.4, 0.5) is 9.59 Å². The molecule has 0 spiro atoms. The van der Waals surface area contributed by atoms with Gasteiger partial charge in [0, 0.05) is 19.6 Å². The van der Waals surface area contributed by atoms with Crippen LogP contribution < -0.4 is 21.3 Å². The van der Waals surface area contributed by atoms with Crippen LogP contribution in [0, 0.1) is 0 Å². The molecule has 13 heteroatoms. The van der Waals surface area contributed by atoms with Crippen molar-refractivity contribution in [3.63, 3.8) is 0 Å². The van der Waals surface area contributed by atoms with Gasteiger partial charge in [0.25, 0.3) is 5.91 Å². The van der Waals surface area contributed by atoms with E-state index in [0.717, 1.165) is 0 Å². The molecule has 2 rings (SSSR count). The monoisotopic (exact) mass is 551 g/mol. The van der Waals surface area contributed by atoms with Crippen LogP contribution in [0.15, 0.2) is 12.7 Å². The molecule has 2 aliphatic rings. The number of carbonyl (C=O) groups excluding carboxylic acids is 6. The van der Waals surface area contributed by atoms with Crippen molar-refractivity contribution in [3.8, 4) is 0 Å². The summed E-state index contributed by atoms with van der Waals surface area (Å²) in [5.74, 6) is -2.70. The minimum Gasteiger partial charge on any atom is -0.450 e. The van der Waals surface area contributed by atoms with Crippen LogP contribution in [0.5, 0.6) is 0 Å². The number of rotatable bonds is 5. The maximum absolute atomic E-state index is 13.5. The third-order valence-corrected chi connectivity index (χ3v) is 6.15. The lowest BCUT2D eigenvalue weighted by Gasteiger charge is -2.30. The molecule has 0 bridgehead atoms. The zero-order chi connectivity index (χ0) is 29.0. The second-order valence-corrected chi connectivity index (χ2v) is 10.5. The number of nitrogens with one attached hydrogen (secondary N) is 4. The number of amides is 5. The fourth-order valence-electron chi connectivity index (χ4n) is 4.32. The van der Waals surface area contributed by atoms with E-state index in [1.54, 1.807) is 20.8 Å². The first-order valence-electron chi connectivity index (χ1n) is 13.4. The second-order valence-electron chi connectivity index (χ2n) is 10.5. The summed E-state index contributed by atoms with van der Waals surface area (Å²) in [7, 11) is 0. The summed E-state index contributed by atoms with van der Waals surface area (Å²) >= 11 is 0. The number of alkyl carbamates (subject to hydrolysis) is 2. The first-order chi connectivity index (χ1) is 18.4.